The first kappa shape index (κ1) is 12.4. The van der Waals surface area contributed by atoms with Crippen LogP contribution >= 0.6 is 0 Å². The summed E-state index contributed by atoms with van der Waals surface area (Å²) in [7, 11) is 0. The molecule has 2 atom stereocenters. The number of morpholine rings is 1. The Labute approximate surface area is 103 Å². The first-order valence-electron chi connectivity index (χ1n) is 6.35. The fraction of sp³-hybridized carbons (Fsp3) is 0.571. The van der Waals surface area contributed by atoms with Gasteiger partial charge in [-0.2, -0.15) is 0 Å². The van der Waals surface area contributed by atoms with Crippen molar-refractivity contribution in [3.8, 4) is 5.75 Å². The SMILES string of the molecule is CCC1CN(C(C)c2cccc(O)c2)CCO1. The third kappa shape index (κ3) is 2.99. The zero-order chi connectivity index (χ0) is 12.3. The van der Waals surface area contributed by atoms with Crippen molar-refractivity contribution in [3.05, 3.63) is 29.8 Å². The molecule has 3 heteroatoms. The van der Waals surface area contributed by atoms with Crippen LogP contribution < -0.4 is 0 Å². The van der Waals surface area contributed by atoms with Crippen molar-refractivity contribution in [3.63, 3.8) is 0 Å². The molecule has 3 nitrogen and oxygen atoms in total. The molecule has 1 aromatic rings. The van der Waals surface area contributed by atoms with Crippen LogP contribution in [0.5, 0.6) is 5.75 Å². The molecular weight excluding hydrogens is 214 g/mol. The minimum atomic E-state index is 0.333. The summed E-state index contributed by atoms with van der Waals surface area (Å²) in [4.78, 5) is 2.42. The summed E-state index contributed by atoms with van der Waals surface area (Å²) < 4.78 is 5.68. The van der Waals surface area contributed by atoms with Crippen molar-refractivity contribution in [2.45, 2.75) is 32.4 Å². The number of ether oxygens (including phenoxy) is 1. The lowest BCUT2D eigenvalue weighted by Gasteiger charge is -2.36. The second-order valence-electron chi connectivity index (χ2n) is 4.67. The molecule has 1 saturated heterocycles. The number of benzene rings is 1. The molecule has 17 heavy (non-hydrogen) atoms. The highest BCUT2D eigenvalue weighted by atomic mass is 16.5. The quantitative estimate of drug-likeness (QED) is 0.874. The first-order valence-corrected chi connectivity index (χ1v) is 6.35. The van der Waals surface area contributed by atoms with Crippen LogP contribution in [-0.2, 0) is 4.74 Å². The number of hydrogen-bond acceptors (Lipinski definition) is 3. The van der Waals surface area contributed by atoms with E-state index in [4.69, 9.17) is 4.74 Å². The number of hydrogen-bond donors (Lipinski definition) is 1. The molecule has 1 fully saturated rings. The van der Waals surface area contributed by atoms with Gasteiger partial charge in [-0.05, 0) is 31.0 Å². The third-order valence-electron chi connectivity index (χ3n) is 3.53. The van der Waals surface area contributed by atoms with E-state index >= 15 is 0 Å². The Kier molecular flexibility index (Phi) is 4.02. The van der Waals surface area contributed by atoms with E-state index in [1.807, 2.05) is 12.1 Å². The molecular formula is C14H21NO2. The molecule has 1 heterocycles. The van der Waals surface area contributed by atoms with Gasteiger partial charge in [0.15, 0.2) is 0 Å². The van der Waals surface area contributed by atoms with E-state index in [2.05, 4.69) is 24.8 Å². The fourth-order valence-corrected chi connectivity index (χ4v) is 2.34. The summed E-state index contributed by atoms with van der Waals surface area (Å²) in [5, 5.41) is 9.52. The van der Waals surface area contributed by atoms with Crippen molar-refractivity contribution >= 4 is 0 Å². The smallest absolute Gasteiger partial charge is 0.115 e. The molecule has 0 spiro atoms. The molecule has 0 amide bonds. The lowest BCUT2D eigenvalue weighted by molar-refractivity contribution is -0.0425. The van der Waals surface area contributed by atoms with Crippen LogP contribution in [0.3, 0.4) is 0 Å². The van der Waals surface area contributed by atoms with Gasteiger partial charge in [0.05, 0.1) is 12.7 Å². The average Bonchev–Trinajstić information content (AvgIpc) is 2.38. The third-order valence-corrected chi connectivity index (χ3v) is 3.53. The lowest BCUT2D eigenvalue weighted by Crippen LogP contribution is -2.43. The topological polar surface area (TPSA) is 32.7 Å². The molecule has 0 aromatic heterocycles. The molecule has 0 bridgehead atoms. The van der Waals surface area contributed by atoms with Gasteiger partial charge >= 0.3 is 0 Å². The van der Waals surface area contributed by atoms with E-state index in [0.29, 0.717) is 17.9 Å². The molecule has 1 aromatic carbocycles. The first-order chi connectivity index (χ1) is 8.20. The van der Waals surface area contributed by atoms with Crippen molar-refractivity contribution in [1.82, 2.24) is 4.90 Å². The van der Waals surface area contributed by atoms with Crippen LogP contribution in [0.2, 0.25) is 0 Å². The van der Waals surface area contributed by atoms with E-state index in [0.717, 1.165) is 26.1 Å². The second-order valence-corrected chi connectivity index (χ2v) is 4.67. The highest BCUT2D eigenvalue weighted by molar-refractivity contribution is 5.29. The van der Waals surface area contributed by atoms with Gasteiger partial charge in [0.2, 0.25) is 0 Å². The van der Waals surface area contributed by atoms with Crippen LogP contribution in [0.1, 0.15) is 31.9 Å². The summed E-state index contributed by atoms with van der Waals surface area (Å²) >= 11 is 0. The van der Waals surface area contributed by atoms with E-state index in [1.54, 1.807) is 6.07 Å². The molecule has 1 aliphatic rings. The largest absolute Gasteiger partial charge is 0.508 e. The maximum absolute atomic E-state index is 9.52. The van der Waals surface area contributed by atoms with Crippen LogP contribution in [0, 0.1) is 0 Å². The van der Waals surface area contributed by atoms with Gasteiger partial charge in [-0.15, -0.1) is 0 Å². The second kappa shape index (κ2) is 5.52. The highest BCUT2D eigenvalue weighted by Gasteiger charge is 2.23. The zero-order valence-corrected chi connectivity index (χ0v) is 10.6. The van der Waals surface area contributed by atoms with Crippen molar-refractivity contribution in [2.24, 2.45) is 0 Å². The van der Waals surface area contributed by atoms with Crippen molar-refractivity contribution in [1.29, 1.82) is 0 Å². The average molecular weight is 235 g/mol. The monoisotopic (exact) mass is 235 g/mol. The minimum Gasteiger partial charge on any atom is -0.508 e. The molecule has 94 valence electrons. The number of phenols is 1. The Balaban J connectivity index is 2.06. The summed E-state index contributed by atoms with van der Waals surface area (Å²) in [5.41, 5.74) is 1.17. The standard InChI is InChI=1S/C14H21NO2/c1-3-14-10-15(7-8-17-14)11(2)12-5-4-6-13(16)9-12/h4-6,9,11,14,16H,3,7-8,10H2,1-2H3. The predicted octanol–water partition coefficient (Wildman–Crippen LogP) is 2.56. The van der Waals surface area contributed by atoms with Gasteiger partial charge < -0.3 is 9.84 Å². The molecule has 0 saturated carbocycles. The van der Waals surface area contributed by atoms with E-state index in [9.17, 15) is 5.11 Å². The van der Waals surface area contributed by atoms with Crippen molar-refractivity contribution in [2.75, 3.05) is 19.7 Å². The Morgan fingerprint density at radius 3 is 3.06 bits per heavy atom. The zero-order valence-electron chi connectivity index (χ0n) is 10.6. The highest BCUT2D eigenvalue weighted by Crippen LogP contribution is 2.25. The van der Waals surface area contributed by atoms with Crippen LogP contribution in [0.4, 0.5) is 0 Å². The number of rotatable bonds is 3. The van der Waals surface area contributed by atoms with Gasteiger partial charge in [0, 0.05) is 19.1 Å². The summed E-state index contributed by atoms with van der Waals surface area (Å²) in [5.74, 6) is 0.342. The van der Waals surface area contributed by atoms with Crippen LogP contribution in [0.25, 0.3) is 0 Å². The van der Waals surface area contributed by atoms with Gasteiger partial charge in [-0.25, -0.2) is 0 Å². The molecule has 0 aliphatic carbocycles. The molecule has 0 radical (unpaired) electrons. The molecule has 2 unspecified atom stereocenters. The summed E-state index contributed by atoms with van der Waals surface area (Å²) in [6.45, 7) is 7.10. The predicted molar refractivity (Wildman–Crippen MR) is 68.1 cm³/mol. The van der Waals surface area contributed by atoms with Gasteiger partial charge in [0.25, 0.3) is 0 Å². The Bertz CT molecular complexity index is 367. The van der Waals surface area contributed by atoms with Crippen molar-refractivity contribution < 1.29 is 9.84 Å². The summed E-state index contributed by atoms with van der Waals surface area (Å²) in [6.07, 6.45) is 1.41. The minimum absolute atomic E-state index is 0.333. The Hall–Kier alpha value is -1.06. The number of aromatic hydroxyl groups is 1. The van der Waals surface area contributed by atoms with E-state index < -0.39 is 0 Å². The van der Waals surface area contributed by atoms with E-state index in [1.165, 1.54) is 5.56 Å². The maximum atomic E-state index is 9.52. The Morgan fingerprint density at radius 2 is 2.35 bits per heavy atom. The molecule has 2 rings (SSSR count). The maximum Gasteiger partial charge on any atom is 0.115 e. The molecule has 1 aliphatic heterocycles. The number of nitrogens with zero attached hydrogens (tertiary/aromatic N) is 1. The summed E-state index contributed by atoms with van der Waals surface area (Å²) in [6, 6.07) is 7.87. The number of phenolic OH excluding ortho intramolecular Hbond substituents is 1. The van der Waals surface area contributed by atoms with Crippen LogP contribution in [0.15, 0.2) is 24.3 Å². The van der Waals surface area contributed by atoms with E-state index in [-0.39, 0.29) is 0 Å². The normalized spacial score (nSPS) is 23.5. The van der Waals surface area contributed by atoms with Gasteiger partial charge in [-0.1, -0.05) is 19.1 Å². The molecule has 1 N–H and O–H groups in total. The van der Waals surface area contributed by atoms with Crippen LogP contribution in [-0.4, -0.2) is 35.8 Å². The van der Waals surface area contributed by atoms with Gasteiger partial charge in [0.1, 0.15) is 5.75 Å². The lowest BCUT2D eigenvalue weighted by atomic mass is 10.1. The van der Waals surface area contributed by atoms with Gasteiger partial charge in [-0.3, -0.25) is 4.90 Å². The fourth-order valence-electron chi connectivity index (χ4n) is 2.34. The Morgan fingerprint density at radius 1 is 1.53 bits per heavy atom.